The molecule has 1 aromatic carbocycles. The molecule has 0 saturated heterocycles. The molecule has 0 N–H and O–H groups in total. The van der Waals surface area contributed by atoms with Crippen molar-refractivity contribution in [3.05, 3.63) is 41.1 Å². The number of hydroxylamine groups is 1. The Labute approximate surface area is 106 Å². The molecule has 98 valence electrons. The average molecular weight is 251 g/mol. The second-order valence-electron chi connectivity index (χ2n) is 3.56. The van der Waals surface area contributed by atoms with Gasteiger partial charge in [-0.3, -0.25) is 0 Å². The summed E-state index contributed by atoms with van der Waals surface area (Å²) in [6, 6.07) is 9.64. The Morgan fingerprint density at radius 2 is 2.11 bits per heavy atom. The molecule has 0 aliphatic heterocycles. The van der Waals surface area contributed by atoms with Gasteiger partial charge in [0.2, 0.25) is 6.54 Å². The first-order chi connectivity index (χ1) is 8.72. The van der Waals surface area contributed by atoms with Crippen LogP contribution < -0.4 is 0 Å². The number of hydrogen-bond donors (Lipinski definition) is 0. The summed E-state index contributed by atoms with van der Waals surface area (Å²) in [5.74, 6) is -0.535. The smallest absolute Gasteiger partial charge is 0.373 e. The standard InChI is InChI=1S/C13H17NO4/c1-2-18-13(15)10-14(16)8-9-17-11-12-6-4-3-5-7-12/h3-8H,2,9-11H2,1H3/b14-8-. The van der Waals surface area contributed by atoms with Crippen LogP contribution in [-0.2, 0) is 20.9 Å². The van der Waals surface area contributed by atoms with E-state index < -0.39 is 5.97 Å². The van der Waals surface area contributed by atoms with Crippen molar-refractivity contribution in [3.63, 3.8) is 0 Å². The fraction of sp³-hybridized carbons (Fsp3) is 0.385. The van der Waals surface area contributed by atoms with Gasteiger partial charge in [-0.25, -0.2) is 9.53 Å². The molecule has 0 fully saturated rings. The van der Waals surface area contributed by atoms with E-state index in [1.54, 1.807) is 6.92 Å². The van der Waals surface area contributed by atoms with Crippen molar-refractivity contribution in [2.45, 2.75) is 13.5 Å². The predicted octanol–water partition coefficient (Wildman–Crippen LogP) is 1.35. The van der Waals surface area contributed by atoms with Crippen LogP contribution in [0.4, 0.5) is 0 Å². The summed E-state index contributed by atoms with van der Waals surface area (Å²) < 4.78 is 10.4. The lowest BCUT2D eigenvalue weighted by Gasteiger charge is -2.04. The molecule has 1 aromatic rings. The third-order valence-corrected chi connectivity index (χ3v) is 2.10. The predicted molar refractivity (Wildman–Crippen MR) is 67.3 cm³/mol. The molecular formula is C13H17NO4. The normalized spacial score (nSPS) is 11.3. The Balaban J connectivity index is 2.21. The number of ether oxygens (including phenoxy) is 2. The van der Waals surface area contributed by atoms with Gasteiger partial charge in [0.25, 0.3) is 0 Å². The molecular weight excluding hydrogens is 234 g/mol. The van der Waals surface area contributed by atoms with Crippen molar-refractivity contribution in [2.24, 2.45) is 0 Å². The number of hydrogen-bond acceptors (Lipinski definition) is 4. The molecule has 0 bridgehead atoms. The van der Waals surface area contributed by atoms with E-state index in [0.29, 0.717) is 11.3 Å². The quantitative estimate of drug-likeness (QED) is 0.183. The molecule has 0 aliphatic rings. The molecule has 5 nitrogen and oxygen atoms in total. The van der Waals surface area contributed by atoms with Crippen molar-refractivity contribution in [2.75, 3.05) is 19.8 Å². The maximum atomic E-state index is 11.2. The molecule has 5 heteroatoms. The maximum absolute atomic E-state index is 11.2. The minimum absolute atomic E-state index is 0.164. The Bertz CT molecular complexity index is 389. The van der Waals surface area contributed by atoms with E-state index in [4.69, 9.17) is 4.74 Å². The van der Waals surface area contributed by atoms with Gasteiger partial charge in [0.15, 0.2) is 6.21 Å². The van der Waals surface area contributed by atoms with Crippen LogP contribution in [0.5, 0.6) is 0 Å². The first-order valence-corrected chi connectivity index (χ1v) is 5.76. The van der Waals surface area contributed by atoms with Crippen LogP contribution in [0.2, 0.25) is 0 Å². The molecule has 0 radical (unpaired) electrons. The summed E-state index contributed by atoms with van der Waals surface area (Å²) in [4.78, 5) is 11.0. The minimum atomic E-state index is -0.535. The molecule has 0 unspecified atom stereocenters. The summed E-state index contributed by atoms with van der Waals surface area (Å²) in [5.41, 5.74) is 1.04. The van der Waals surface area contributed by atoms with Crippen molar-refractivity contribution in [1.82, 2.24) is 0 Å². The number of benzene rings is 1. The van der Waals surface area contributed by atoms with Gasteiger partial charge in [-0.15, -0.1) is 0 Å². The lowest BCUT2D eigenvalue weighted by atomic mass is 10.2. The molecule has 18 heavy (non-hydrogen) atoms. The van der Waals surface area contributed by atoms with Gasteiger partial charge in [0, 0.05) is 0 Å². The molecule has 0 aromatic heterocycles. The number of nitrogens with zero attached hydrogens (tertiary/aromatic N) is 1. The van der Waals surface area contributed by atoms with Crippen LogP contribution in [0, 0.1) is 5.21 Å². The van der Waals surface area contributed by atoms with E-state index in [1.165, 1.54) is 6.21 Å². The van der Waals surface area contributed by atoms with Crippen LogP contribution in [0.1, 0.15) is 12.5 Å². The van der Waals surface area contributed by atoms with Gasteiger partial charge >= 0.3 is 5.97 Å². The van der Waals surface area contributed by atoms with Gasteiger partial charge < -0.3 is 14.7 Å². The summed E-state index contributed by atoms with van der Waals surface area (Å²) in [7, 11) is 0. The van der Waals surface area contributed by atoms with E-state index in [0.717, 1.165) is 5.56 Å². The fourth-order valence-corrected chi connectivity index (χ4v) is 1.29. The average Bonchev–Trinajstić information content (AvgIpc) is 2.36. The Kier molecular flexibility index (Phi) is 6.50. The van der Waals surface area contributed by atoms with Gasteiger partial charge in [0.1, 0.15) is 6.61 Å². The Morgan fingerprint density at radius 3 is 2.78 bits per heavy atom. The third kappa shape index (κ3) is 6.00. The first kappa shape index (κ1) is 14.2. The van der Waals surface area contributed by atoms with Crippen molar-refractivity contribution >= 4 is 12.2 Å². The third-order valence-electron chi connectivity index (χ3n) is 2.10. The summed E-state index contributed by atoms with van der Waals surface area (Å²) >= 11 is 0. The van der Waals surface area contributed by atoms with Crippen LogP contribution in [0.25, 0.3) is 0 Å². The SMILES string of the molecule is CCOC(=O)C/[N+]([O-])=C/COCc1ccccc1. The highest BCUT2D eigenvalue weighted by Crippen LogP contribution is 1.99. The largest absolute Gasteiger partial charge is 0.624 e. The molecule has 0 atom stereocenters. The highest BCUT2D eigenvalue weighted by atomic mass is 16.5. The highest BCUT2D eigenvalue weighted by molar-refractivity contribution is 5.71. The van der Waals surface area contributed by atoms with Gasteiger partial charge in [-0.2, -0.15) is 0 Å². The van der Waals surface area contributed by atoms with E-state index in [-0.39, 0.29) is 19.8 Å². The van der Waals surface area contributed by atoms with Crippen LogP contribution in [0.3, 0.4) is 0 Å². The van der Waals surface area contributed by atoms with Gasteiger partial charge in [0.05, 0.1) is 13.2 Å². The second kappa shape index (κ2) is 8.25. The molecule has 0 aliphatic carbocycles. The Hall–Kier alpha value is -1.88. The number of carbonyl (C=O) groups is 1. The fourth-order valence-electron chi connectivity index (χ4n) is 1.29. The molecule has 1 rings (SSSR count). The molecule has 0 spiro atoms. The summed E-state index contributed by atoms with van der Waals surface area (Å²) in [6.07, 6.45) is 1.28. The van der Waals surface area contributed by atoms with Crippen LogP contribution >= 0.6 is 0 Å². The minimum Gasteiger partial charge on any atom is -0.624 e. The second-order valence-corrected chi connectivity index (χ2v) is 3.56. The molecule has 0 heterocycles. The first-order valence-electron chi connectivity index (χ1n) is 5.76. The van der Waals surface area contributed by atoms with Gasteiger partial charge in [-0.05, 0) is 12.5 Å². The van der Waals surface area contributed by atoms with E-state index in [2.05, 4.69) is 4.74 Å². The van der Waals surface area contributed by atoms with Crippen molar-refractivity contribution in [3.8, 4) is 0 Å². The zero-order valence-electron chi connectivity index (χ0n) is 10.4. The molecule has 0 amide bonds. The summed E-state index contributed by atoms with van der Waals surface area (Å²) in [5, 5.41) is 11.2. The number of rotatable bonds is 7. The number of carbonyl (C=O) groups excluding carboxylic acids is 1. The highest BCUT2D eigenvalue weighted by Gasteiger charge is 2.06. The van der Waals surface area contributed by atoms with Gasteiger partial charge in [-0.1, -0.05) is 30.3 Å². The van der Waals surface area contributed by atoms with Crippen LogP contribution in [0.15, 0.2) is 30.3 Å². The molecule has 0 saturated carbocycles. The zero-order chi connectivity index (χ0) is 13.2. The van der Waals surface area contributed by atoms with Crippen molar-refractivity contribution < 1.29 is 19.0 Å². The van der Waals surface area contributed by atoms with E-state index in [1.807, 2.05) is 30.3 Å². The van der Waals surface area contributed by atoms with E-state index >= 15 is 0 Å². The van der Waals surface area contributed by atoms with Crippen molar-refractivity contribution in [1.29, 1.82) is 0 Å². The lowest BCUT2D eigenvalue weighted by molar-refractivity contribution is -0.445. The van der Waals surface area contributed by atoms with Crippen LogP contribution in [-0.4, -0.2) is 36.7 Å². The number of esters is 1. The monoisotopic (exact) mass is 251 g/mol. The van der Waals surface area contributed by atoms with E-state index in [9.17, 15) is 10.0 Å². The zero-order valence-corrected chi connectivity index (χ0v) is 10.4. The topological polar surface area (TPSA) is 61.6 Å². The maximum Gasteiger partial charge on any atom is 0.373 e. The summed E-state index contributed by atoms with van der Waals surface area (Å²) in [6.45, 7) is 2.27. The Morgan fingerprint density at radius 1 is 1.39 bits per heavy atom. The lowest BCUT2D eigenvalue weighted by Crippen LogP contribution is -2.20.